The van der Waals surface area contributed by atoms with Gasteiger partial charge in [-0.3, -0.25) is 0 Å². The smallest absolute Gasteiger partial charge is 0.427 e. The lowest BCUT2D eigenvalue weighted by atomic mass is 9.51. The molecule has 0 saturated heterocycles. The predicted octanol–water partition coefficient (Wildman–Crippen LogP) is 5.32. The first kappa shape index (κ1) is 27.6. The molecule has 0 radical (unpaired) electrons. The van der Waals surface area contributed by atoms with Crippen LogP contribution in [0.3, 0.4) is 0 Å². The second-order valence-electron chi connectivity index (χ2n) is 7.28. The third-order valence-electron chi connectivity index (χ3n) is 5.40. The molecule has 0 spiro atoms. The van der Waals surface area contributed by atoms with Gasteiger partial charge in [0, 0.05) is 6.42 Å². The molecule has 0 saturated carbocycles. The summed E-state index contributed by atoms with van der Waals surface area (Å²) >= 11 is 0. The Morgan fingerprint density at radius 2 is 0.941 bits per heavy atom. The van der Waals surface area contributed by atoms with Crippen molar-refractivity contribution in [2.75, 3.05) is 0 Å². The minimum Gasteiger partial charge on any atom is -0.512 e. The Morgan fingerprint density at radius 1 is 0.588 bits per heavy atom. The fourth-order valence-corrected chi connectivity index (χ4v) is 3.93. The maximum atomic E-state index is 13.8. The van der Waals surface area contributed by atoms with Crippen molar-refractivity contribution < 1.29 is 73.1 Å². The molecule has 0 bridgehead atoms. The second kappa shape index (κ2) is 7.69. The summed E-state index contributed by atoms with van der Waals surface area (Å²) in [7, 11) is 0. The molecule has 0 atom stereocenters. The molecular weight excluding hydrogens is 508 g/mol. The van der Waals surface area contributed by atoms with Gasteiger partial charge in [0.2, 0.25) is 0 Å². The van der Waals surface area contributed by atoms with E-state index in [0.717, 1.165) is 0 Å². The molecule has 0 unspecified atom stereocenters. The van der Waals surface area contributed by atoms with E-state index in [1.807, 2.05) is 0 Å². The van der Waals surface area contributed by atoms with Crippen LogP contribution in [-0.2, 0) is 0 Å². The molecule has 4 N–H and O–H groups in total. The maximum absolute atomic E-state index is 13.8. The Labute approximate surface area is 181 Å². The molecule has 0 fully saturated rings. The van der Waals surface area contributed by atoms with E-state index < -0.39 is 70.4 Å². The number of phenols is 1. The van der Waals surface area contributed by atoms with Gasteiger partial charge in [0.1, 0.15) is 5.75 Å². The average Bonchev–Trinajstić information content (AvgIpc) is 2.63. The van der Waals surface area contributed by atoms with Crippen LogP contribution in [-0.4, -0.2) is 56.3 Å². The van der Waals surface area contributed by atoms with Crippen LogP contribution in [0.2, 0.25) is 0 Å². The van der Waals surface area contributed by atoms with Crippen LogP contribution in [0.15, 0.2) is 42.2 Å². The third-order valence-corrected chi connectivity index (χ3v) is 5.40. The van der Waals surface area contributed by atoms with E-state index in [1.165, 1.54) is 0 Å². The number of benzene rings is 1. The topological polar surface area (TPSA) is 80.9 Å². The largest absolute Gasteiger partial charge is 0.512 e. The van der Waals surface area contributed by atoms with Crippen molar-refractivity contribution in [3.63, 3.8) is 0 Å². The number of aliphatic hydroxyl groups is 3. The highest BCUT2D eigenvalue weighted by molar-refractivity contribution is 5.77. The van der Waals surface area contributed by atoms with Crippen molar-refractivity contribution in [2.45, 2.75) is 42.3 Å². The van der Waals surface area contributed by atoms with Crippen molar-refractivity contribution in [1.82, 2.24) is 0 Å². The highest BCUT2D eigenvalue weighted by Crippen LogP contribution is 2.70. The second-order valence-corrected chi connectivity index (χ2v) is 7.28. The summed E-state index contributed by atoms with van der Waals surface area (Å²) < 4.78 is 166. The normalized spacial score (nSPS) is 18.4. The number of phenolic OH excluding ortho intramolecular Hbond substituents is 1. The van der Waals surface area contributed by atoms with Crippen molar-refractivity contribution in [3.05, 3.63) is 47.7 Å². The van der Waals surface area contributed by atoms with Gasteiger partial charge in [-0.1, -0.05) is 18.2 Å². The monoisotopic (exact) mass is 520 g/mol. The highest BCUT2D eigenvalue weighted by atomic mass is 19.4. The lowest BCUT2D eigenvalue weighted by molar-refractivity contribution is -0.464. The minimum atomic E-state index is -7.32. The summed E-state index contributed by atoms with van der Waals surface area (Å²) in [5.74, 6) is -2.62. The quantitative estimate of drug-likeness (QED) is 0.407. The standard InChI is InChI=1S/C18H12F12O4/c19-15(20,21)13(33,16(22,23)24)12(14(34,17(25,26)27)18(28,29)30)7-10(32)5-6-11(12)8-1-3-9(31)4-2-8/h1-6,31-34H,7H2. The third kappa shape index (κ3) is 3.57. The number of hydrogen-bond donors (Lipinski definition) is 4. The van der Waals surface area contributed by atoms with Gasteiger partial charge in [0.05, 0.1) is 11.2 Å². The van der Waals surface area contributed by atoms with Crippen molar-refractivity contribution in [1.29, 1.82) is 0 Å². The van der Waals surface area contributed by atoms with Gasteiger partial charge in [-0.05, 0) is 29.3 Å². The van der Waals surface area contributed by atoms with E-state index in [0.29, 0.717) is 24.3 Å². The van der Waals surface area contributed by atoms with Crippen molar-refractivity contribution in [2.24, 2.45) is 5.41 Å². The van der Waals surface area contributed by atoms with Gasteiger partial charge >= 0.3 is 24.7 Å². The first-order valence-electron chi connectivity index (χ1n) is 8.60. The van der Waals surface area contributed by atoms with Gasteiger partial charge in [0.25, 0.3) is 11.2 Å². The number of rotatable bonds is 3. The Balaban J connectivity index is 3.30. The van der Waals surface area contributed by atoms with E-state index in [1.54, 1.807) is 0 Å². The van der Waals surface area contributed by atoms with Crippen molar-refractivity contribution in [3.8, 4) is 5.75 Å². The van der Waals surface area contributed by atoms with Gasteiger partial charge in [-0.2, -0.15) is 52.7 Å². The van der Waals surface area contributed by atoms with Gasteiger partial charge in [-0.15, -0.1) is 0 Å². The van der Waals surface area contributed by atoms with Crippen LogP contribution in [0.5, 0.6) is 5.75 Å². The minimum absolute atomic E-state index is 0.157. The number of aromatic hydroxyl groups is 1. The number of allylic oxidation sites excluding steroid dienone is 3. The Morgan fingerprint density at radius 3 is 1.26 bits per heavy atom. The molecular formula is C18H12F12O4. The molecule has 34 heavy (non-hydrogen) atoms. The van der Waals surface area contributed by atoms with Crippen LogP contribution < -0.4 is 0 Å². The summed E-state index contributed by atoms with van der Waals surface area (Å²) in [6, 6.07) is 1.71. The SMILES string of the molecule is OC1=CC=C(c2ccc(O)cc2)C(C(O)(C(F)(F)F)C(F)(F)F)(C(O)(C(F)(F)F)C(F)(F)F)C1. The molecule has 0 heterocycles. The molecule has 1 aliphatic carbocycles. The Kier molecular flexibility index (Phi) is 6.25. The molecule has 1 aliphatic rings. The zero-order chi connectivity index (χ0) is 26.8. The van der Waals surface area contributed by atoms with Crippen LogP contribution in [0.25, 0.3) is 5.57 Å². The summed E-state index contributed by atoms with van der Waals surface area (Å²) in [5, 5.41) is 38.9. The van der Waals surface area contributed by atoms with Crippen LogP contribution in [0, 0.1) is 5.41 Å². The molecule has 0 amide bonds. The van der Waals surface area contributed by atoms with Crippen LogP contribution >= 0.6 is 0 Å². The van der Waals surface area contributed by atoms with E-state index in [-0.39, 0.29) is 12.2 Å². The summed E-state index contributed by atoms with van der Waals surface area (Å²) in [6.45, 7) is 0. The molecule has 4 nitrogen and oxygen atoms in total. The number of aliphatic hydroxyl groups excluding tert-OH is 1. The predicted molar refractivity (Wildman–Crippen MR) is 88.0 cm³/mol. The maximum Gasteiger partial charge on any atom is 0.427 e. The van der Waals surface area contributed by atoms with Gasteiger partial charge in [-0.25, -0.2) is 0 Å². The fraction of sp³-hybridized carbons (Fsp3) is 0.444. The van der Waals surface area contributed by atoms with E-state index in [9.17, 15) is 73.1 Å². The average molecular weight is 520 g/mol. The van der Waals surface area contributed by atoms with Crippen LogP contribution in [0.1, 0.15) is 12.0 Å². The lowest BCUT2D eigenvalue weighted by Gasteiger charge is -2.57. The first-order chi connectivity index (χ1) is 15.0. The highest BCUT2D eigenvalue weighted by Gasteiger charge is 2.93. The van der Waals surface area contributed by atoms with Gasteiger partial charge in [0.15, 0.2) is 0 Å². The summed E-state index contributed by atoms with van der Waals surface area (Å²) in [5.41, 5.74) is -23.0. The number of halogens is 12. The van der Waals surface area contributed by atoms with E-state index in [2.05, 4.69) is 0 Å². The number of hydrogen-bond acceptors (Lipinski definition) is 4. The molecule has 0 aromatic heterocycles. The van der Waals surface area contributed by atoms with Crippen LogP contribution in [0.4, 0.5) is 52.7 Å². The van der Waals surface area contributed by atoms with Gasteiger partial charge < -0.3 is 20.4 Å². The molecule has 192 valence electrons. The lowest BCUT2D eigenvalue weighted by Crippen LogP contribution is -2.80. The first-order valence-corrected chi connectivity index (χ1v) is 8.60. The van der Waals surface area contributed by atoms with E-state index in [4.69, 9.17) is 0 Å². The zero-order valence-electron chi connectivity index (χ0n) is 16.0. The molecule has 1 aromatic rings. The fourth-order valence-electron chi connectivity index (χ4n) is 3.93. The summed E-state index contributed by atoms with van der Waals surface area (Å²) in [4.78, 5) is 0. The molecule has 1 aromatic carbocycles. The van der Waals surface area contributed by atoms with E-state index >= 15 is 0 Å². The Hall–Kier alpha value is -2.62. The zero-order valence-corrected chi connectivity index (χ0v) is 16.0. The summed E-state index contributed by atoms with van der Waals surface area (Å²) in [6.07, 6.45) is -32.0. The molecule has 0 aliphatic heterocycles. The van der Waals surface area contributed by atoms with Crippen molar-refractivity contribution >= 4 is 5.57 Å². The number of alkyl halides is 12. The Bertz CT molecular complexity index is 915. The molecule has 16 heteroatoms. The molecule has 2 rings (SSSR count).